The third kappa shape index (κ3) is 17.0. The Morgan fingerprint density at radius 2 is 1.29 bits per heavy atom. The summed E-state index contributed by atoms with van der Waals surface area (Å²) in [5, 5.41) is 2.82. The summed E-state index contributed by atoms with van der Waals surface area (Å²) in [4.78, 5) is 23.8. The van der Waals surface area contributed by atoms with E-state index in [0.29, 0.717) is 19.4 Å². The minimum absolute atomic E-state index is 0.0498. The number of amides is 1. The van der Waals surface area contributed by atoms with E-state index in [1.54, 1.807) is 0 Å². The number of unbranched alkanes of at least 4 members (excludes halogenated alkanes) is 13. The number of hydrogen-bond donors (Lipinski definition) is 2. The molecule has 0 bridgehead atoms. The molecule has 1 atom stereocenters. The van der Waals surface area contributed by atoms with Gasteiger partial charge < -0.3 is 15.8 Å². The van der Waals surface area contributed by atoms with Gasteiger partial charge in [-0.25, -0.2) is 4.79 Å². The first-order valence-electron chi connectivity index (χ1n) is 11.7. The van der Waals surface area contributed by atoms with Crippen molar-refractivity contribution in [3.8, 4) is 0 Å². The van der Waals surface area contributed by atoms with Crippen LogP contribution >= 0.6 is 0 Å². The van der Waals surface area contributed by atoms with E-state index in [-0.39, 0.29) is 11.9 Å². The number of esters is 1. The molecule has 3 N–H and O–H groups in total. The van der Waals surface area contributed by atoms with Gasteiger partial charge in [-0.2, -0.15) is 0 Å². The SMILES string of the molecule is CCCCCCCCCCCCCCCC(=O)N[C@@H](CCCCN)C(=O)OC. The maximum atomic E-state index is 12.1. The second-order valence-electron chi connectivity index (χ2n) is 7.92. The van der Waals surface area contributed by atoms with Gasteiger partial charge in [0.1, 0.15) is 6.04 Å². The zero-order valence-electron chi connectivity index (χ0n) is 18.6. The Bertz CT molecular complexity index is 375. The molecule has 0 saturated carbocycles. The minimum Gasteiger partial charge on any atom is -0.467 e. The van der Waals surface area contributed by atoms with Crippen LogP contribution in [0.1, 0.15) is 116 Å². The summed E-state index contributed by atoms with van der Waals surface area (Å²) in [7, 11) is 1.36. The van der Waals surface area contributed by atoms with Gasteiger partial charge in [-0.1, -0.05) is 84.0 Å². The number of carbonyl (C=O) groups is 2. The summed E-state index contributed by atoms with van der Waals surface area (Å²) < 4.78 is 4.78. The van der Waals surface area contributed by atoms with Crippen molar-refractivity contribution in [2.75, 3.05) is 13.7 Å². The van der Waals surface area contributed by atoms with Crippen LogP contribution in [-0.4, -0.2) is 31.6 Å². The van der Waals surface area contributed by atoms with Crippen LogP contribution in [0.5, 0.6) is 0 Å². The molecule has 5 heteroatoms. The van der Waals surface area contributed by atoms with E-state index in [1.807, 2.05) is 0 Å². The van der Waals surface area contributed by atoms with Crippen LogP contribution in [-0.2, 0) is 14.3 Å². The number of nitrogens with one attached hydrogen (secondary N) is 1. The highest BCUT2D eigenvalue weighted by Crippen LogP contribution is 2.13. The summed E-state index contributed by atoms with van der Waals surface area (Å²) in [5.41, 5.74) is 5.48. The summed E-state index contributed by atoms with van der Waals surface area (Å²) in [6, 6.07) is -0.536. The molecule has 0 aliphatic rings. The Balaban J connectivity index is 3.57. The van der Waals surface area contributed by atoms with Crippen molar-refractivity contribution >= 4 is 11.9 Å². The van der Waals surface area contributed by atoms with Crippen LogP contribution in [0.4, 0.5) is 0 Å². The van der Waals surface area contributed by atoms with Crippen LogP contribution < -0.4 is 11.1 Å². The van der Waals surface area contributed by atoms with Crippen molar-refractivity contribution in [2.24, 2.45) is 5.73 Å². The maximum absolute atomic E-state index is 12.1. The highest BCUT2D eigenvalue weighted by atomic mass is 16.5. The first-order chi connectivity index (χ1) is 13.7. The largest absolute Gasteiger partial charge is 0.467 e. The normalized spacial score (nSPS) is 12.0. The average molecular weight is 399 g/mol. The molecule has 0 aromatic rings. The molecule has 0 unspecified atom stereocenters. The quantitative estimate of drug-likeness (QED) is 0.217. The molecule has 0 fully saturated rings. The maximum Gasteiger partial charge on any atom is 0.328 e. The van der Waals surface area contributed by atoms with E-state index < -0.39 is 6.04 Å². The molecule has 28 heavy (non-hydrogen) atoms. The lowest BCUT2D eigenvalue weighted by Gasteiger charge is -2.16. The van der Waals surface area contributed by atoms with Crippen LogP contribution in [0.3, 0.4) is 0 Å². The fourth-order valence-electron chi connectivity index (χ4n) is 3.45. The standard InChI is InChI=1S/C23H46N2O3/c1-3-4-5-6-7-8-9-10-11-12-13-14-15-19-22(26)25-21(23(27)28-2)18-16-17-20-24/h21H,3-20,24H2,1-2H3,(H,25,26)/t21-/m0/s1. The Morgan fingerprint density at radius 3 is 1.75 bits per heavy atom. The van der Waals surface area contributed by atoms with Crippen LogP contribution in [0.15, 0.2) is 0 Å². The van der Waals surface area contributed by atoms with Crippen LogP contribution in [0.2, 0.25) is 0 Å². The summed E-state index contributed by atoms with van der Waals surface area (Å²) in [5.74, 6) is -0.415. The molecule has 5 nitrogen and oxygen atoms in total. The molecule has 0 spiro atoms. The highest BCUT2D eigenvalue weighted by molar-refractivity contribution is 5.84. The number of ether oxygens (including phenoxy) is 1. The number of rotatable bonds is 20. The van der Waals surface area contributed by atoms with Gasteiger partial charge in [0.15, 0.2) is 0 Å². The van der Waals surface area contributed by atoms with Gasteiger partial charge in [-0.15, -0.1) is 0 Å². The fourth-order valence-corrected chi connectivity index (χ4v) is 3.45. The molecule has 0 rings (SSSR count). The van der Waals surface area contributed by atoms with Gasteiger partial charge in [0, 0.05) is 6.42 Å². The van der Waals surface area contributed by atoms with Gasteiger partial charge in [-0.3, -0.25) is 4.79 Å². The fraction of sp³-hybridized carbons (Fsp3) is 0.913. The van der Waals surface area contributed by atoms with Crippen molar-refractivity contribution in [1.82, 2.24) is 5.32 Å². The summed E-state index contributed by atoms with van der Waals surface area (Å²) in [6.07, 6.45) is 19.5. The zero-order valence-corrected chi connectivity index (χ0v) is 18.6. The van der Waals surface area contributed by atoms with E-state index in [2.05, 4.69) is 12.2 Å². The topological polar surface area (TPSA) is 81.4 Å². The highest BCUT2D eigenvalue weighted by Gasteiger charge is 2.20. The first-order valence-corrected chi connectivity index (χ1v) is 11.7. The molecule has 0 radical (unpaired) electrons. The van der Waals surface area contributed by atoms with E-state index >= 15 is 0 Å². The molecule has 0 aromatic carbocycles. The van der Waals surface area contributed by atoms with E-state index in [4.69, 9.17) is 10.5 Å². The third-order valence-electron chi connectivity index (χ3n) is 5.28. The van der Waals surface area contributed by atoms with Gasteiger partial charge in [0.05, 0.1) is 7.11 Å². The Hall–Kier alpha value is -1.10. The predicted molar refractivity (Wildman–Crippen MR) is 117 cm³/mol. The number of hydrogen-bond acceptors (Lipinski definition) is 4. The van der Waals surface area contributed by atoms with Gasteiger partial charge in [0.25, 0.3) is 0 Å². The Kier molecular flexibility index (Phi) is 19.8. The van der Waals surface area contributed by atoms with Gasteiger partial charge >= 0.3 is 5.97 Å². The lowest BCUT2D eigenvalue weighted by Crippen LogP contribution is -2.41. The second-order valence-corrected chi connectivity index (χ2v) is 7.92. The number of carbonyl (C=O) groups excluding carboxylic acids is 2. The molecule has 1 amide bonds. The van der Waals surface area contributed by atoms with Gasteiger partial charge in [-0.05, 0) is 32.2 Å². The van der Waals surface area contributed by atoms with Gasteiger partial charge in [0.2, 0.25) is 5.91 Å². The van der Waals surface area contributed by atoms with Crippen molar-refractivity contribution < 1.29 is 14.3 Å². The number of nitrogens with two attached hydrogens (primary N) is 1. The lowest BCUT2D eigenvalue weighted by molar-refractivity contribution is -0.145. The lowest BCUT2D eigenvalue weighted by atomic mass is 10.0. The van der Waals surface area contributed by atoms with Crippen molar-refractivity contribution in [1.29, 1.82) is 0 Å². The average Bonchev–Trinajstić information content (AvgIpc) is 2.70. The van der Waals surface area contributed by atoms with Crippen molar-refractivity contribution in [3.05, 3.63) is 0 Å². The van der Waals surface area contributed by atoms with Crippen molar-refractivity contribution in [3.63, 3.8) is 0 Å². The molecule has 0 heterocycles. The minimum atomic E-state index is -0.536. The molecule has 166 valence electrons. The Labute approximate surface area is 173 Å². The van der Waals surface area contributed by atoms with E-state index in [1.165, 1.54) is 77.7 Å². The van der Waals surface area contributed by atoms with E-state index in [9.17, 15) is 9.59 Å². The zero-order chi connectivity index (χ0) is 20.9. The summed E-state index contributed by atoms with van der Waals surface area (Å²) in [6.45, 7) is 2.86. The first kappa shape index (κ1) is 26.9. The van der Waals surface area contributed by atoms with Crippen molar-refractivity contribution in [2.45, 2.75) is 122 Å². The monoisotopic (exact) mass is 398 g/mol. The molecular formula is C23H46N2O3. The molecule has 0 saturated heterocycles. The Morgan fingerprint density at radius 1 is 0.786 bits per heavy atom. The molecule has 0 aliphatic heterocycles. The third-order valence-corrected chi connectivity index (χ3v) is 5.28. The van der Waals surface area contributed by atoms with Crippen LogP contribution in [0.25, 0.3) is 0 Å². The molecular weight excluding hydrogens is 352 g/mol. The smallest absolute Gasteiger partial charge is 0.328 e. The van der Waals surface area contributed by atoms with Crippen LogP contribution in [0, 0.1) is 0 Å². The summed E-state index contributed by atoms with van der Waals surface area (Å²) >= 11 is 0. The number of methoxy groups -OCH3 is 1. The molecule has 0 aromatic heterocycles. The predicted octanol–water partition coefficient (Wildman–Crippen LogP) is 5.25. The molecule has 0 aliphatic carbocycles. The van der Waals surface area contributed by atoms with E-state index in [0.717, 1.165) is 25.7 Å². The second kappa shape index (κ2) is 20.6.